The van der Waals surface area contributed by atoms with Gasteiger partial charge < -0.3 is 14.6 Å². The summed E-state index contributed by atoms with van der Waals surface area (Å²) in [6.45, 7) is 4.21. The lowest BCUT2D eigenvalue weighted by molar-refractivity contribution is -0.130. The molecule has 3 aromatic carbocycles. The molecule has 2 amide bonds. The summed E-state index contributed by atoms with van der Waals surface area (Å²) in [4.78, 5) is 29.2. The number of anilines is 1. The van der Waals surface area contributed by atoms with Gasteiger partial charge in [-0.2, -0.15) is 0 Å². The van der Waals surface area contributed by atoms with Gasteiger partial charge in [-0.25, -0.2) is 0 Å². The van der Waals surface area contributed by atoms with Gasteiger partial charge in [0, 0.05) is 49.1 Å². The van der Waals surface area contributed by atoms with Crippen LogP contribution in [0.25, 0.3) is 11.0 Å². The predicted molar refractivity (Wildman–Crippen MR) is 138 cm³/mol. The Labute approximate surface area is 209 Å². The summed E-state index contributed by atoms with van der Waals surface area (Å²) in [5, 5.41) is 4.62. The molecule has 1 fully saturated rings. The first-order chi connectivity index (χ1) is 17.0. The van der Waals surface area contributed by atoms with Crippen molar-refractivity contribution >= 4 is 40.1 Å². The smallest absolute Gasteiger partial charge is 0.255 e. The van der Waals surface area contributed by atoms with E-state index in [0.29, 0.717) is 53.8 Å². The maximum Gasteiger partial charge on any atom is 0.255 e. The average molecular weight is 488 g/mol. The van der Waals surface area contributed by atoms with Crippen molar-refractivity contribution in [2.24, 2.45) is 0 Å². The molecule has 1 unspecified atom stereocenters. The zero-order valence-electron chi connectivity index (χ0n) is 19.4. The van der Waals surface area contributed by atoms with Crippen molar-refractivity contribution in [2.75, 3.05) is 31.5 Å². The number of fused-ring (bicyclic) bond motifs is 1. The Morgan fingerprint density at radius 3 is 2.23 bits per heavy atom. The lowest BCUT2D eigenvalue weighted by Gasteiger charge is -2.38. The first kappa shape index (κ1) is 23.1. The Bertz CT molecular complexity index is 1340. The van der Waals surface area contributed by atoms with Gasteiger partial charge in [0.2, 0.25) is 5.91 Å². The van der Waals surface area contributed by atoms with Crippen molar-refractivity contribution in [3.8, 4) is 0 Å². The van der Waals surface area contributed by atoms with E-state index >= 15 is 0 Å². The Balaban J connectivity index is 1.59. The highest BCUT2D eigenvalue weighted by molar-refractivity contribution is 6.30. The Morgan fingerprint density at radius 2 is 1.54 bits per heavy atom. The van der Waals surface area contributed by atoms with Gasteiger partial charge in [-0.15, -0.1) is 0 Å². The number of benzene rings is 3. The minimum atomic E-state index is -0.264. The average Bonchev–Trinajstić information content (AvgIpc) is 3.24. The Kier molecular flexibility index (Phi) is 6.57. The molecule has 35 heavy (non-hydrogen) atoms. The molecular formula is C28H26ClN3O3. The molecule has 1 aliphatic rings. The molecule has 1 N–H and O–H groups in total. The standard InChI is InChI=1S/C28H26ClN3O3/c1-19(33)31-15-17-32(18-16-31)26(20-11-13-22(29)14-12-20)27-25(23-9-5-6-10-24(23)35-27)30-28(34)21-7-3-2-4-8-21/h2-14,26H,15-18H2,1H3,(H,30,34). The first-order valence-corrected chi connectivity index (χ1v) is 12.0. The van der Waals surface area contributed by atoms with Crippen LogP contribution in [0.1, 0.15) is 34.6 Å². The van der Waals surface area contributed by atoms with E-state index in [1.165, 1.54) is 0 Å². The zero-order chi connectivity index (χ0) is 24.4. The maximum absolute atomic E-state index is 13.2. The molecule has 4 aromatic rings. The van der Waals surface area contributed by atoms with Crippen LogP contribution in [-0.4, -0.2) is 47.8 Å². The van der Waals surface area contributed by atoms with Crippen molar-refractivity contribution in [2.45, 2.75) is 13.0 Å². The molecule has 178 valence electrons. The minimum absolute atomic E-state index is 0.0762. The van der Waals surface area contributed by atoms with Gasteiger partial charge >= 0.3 is 0 Å². The number of piperazine rings is 1. The number of amides is 2. The Hall–Kier alpha value is -3.61. The molecule has 7 heteroatoms. The van der Waals surface area contributed by atoms with Crippen LogP contribution in [-0.2, 0) is 4.79 Å². The van der Waals surface area contributed by atoms with Gasteiger partial charge in [-0.05, 0) is 42.0 Å². The van der Waals surface area contributed by atoms with Gasteiger partial charge in [-0.3, -0.25) is 14.5 Å². The van der Waals surface area contributed by atoms with Crippen molar-refractivity contribution < 1.29 is 14.0 Å². The summed E-state index contributed by atoms with van der Waals surface area (Å²) < 4.78 is 6.44. The number of carbonyl (C=O) groups excluding carboxylic acids is 2. The lowest BCUT2D eigenvalue weighted by Crippen LogP contribution is -2.49. The molecular weight excluding hydrogens is 462 g/mol. The van der Waals surface area contributed by atoms with E-state index < -0.39 is 0 Å². The van der Waals surface area contributed by atoms with E-state index in [1.54, 1.807) is 19.1 Å². The first-order valence-electron chi connectivity index (χ1n) is 11.6. The highest BCUT2D eigenvalue weighted by Crippen LogP contribution is 2.41. The van der Waals surface area contributed by atoms with E-state index in [4.69, 9.17) is 16.0 Å². The van der Waals surface area contributed by atoms with E-state index in [1.807, 2.05) is 71.6 Å². The van der Waals surface area contributed by atoms with Crippen LogP contribution in [0.2, 0.25) is 5.02 Å². The molecule has 6 nitrogen and oxygen atoms in total. The number of rotatable bonds is 5. The molecule has 1 aliphatic heterocycles. The zero-order valence-corrected chi connectivity index (χ0v) is 20.2. The number of nitrogens with one attached hydrogen (secondary N) is 1. The van der Waals surface area contributed by atoms with Crippen molar-refractivity contribution in [3.63, 3.8) is 0 Å². The molecule has 0 spiro atoms. The fourth-order valence-corrected chi connectivity index (χ4v) is 4.76. The van der Waals surface area contributed by atoms with Gasteiger partial charge in [0.15, 0.2) is 0 Å². The van der Waals surface area contributed by atoms with Gasteiger partial charge in [0.1, 0.15) is 11.3 Å². The van der Waals surface area contributed by atoms with Gasteiger partial charge in [-0.1, -0.05) is 54.1 Å². The van der Waals surface area contributed by atoms with Crippen LogP contribution in [0.15, 0.2) is 83.3 Å². The SMILES string of the molecule is CC(=O)N1CCN(C(c2ccc(Cl)cc2)c2oc3ccccc3c2NC(=O)c2ccccc2)CC1. The number of nitrogens with zero attached hydrogens (tertiary/aromatic N) is 2. The number of hydrogen-bond acceptors (Lipinski definition) is 4. The van der Waals surface area contributed by atoms with E-state index in [9.17, 15) is 9.59 Å². The number of halogens is 1. The summed E-state index contributed by atoms with van der Waals surface area (Å²) in [5.41, 5.74) is 2.93. The number of hydrogen-bond donors (Lipinski definition) is 1. The third-order valence-corrected chi connectivity index (χ3v) is 6.71. The number of para-hydroxylation sites is 1. The highest BCUT2D eigenvalue weighted by atomic mass is 35.5. The number of furan rings is 1. The molecule has 1 saturated heterocycles. The minimum Gasteiger partial charge on any atom is -0.457 e. The molecule has 0 saturated carbocycles. The molecule has 1 atom stereocenters. The molecule has 0 radical (unpaired) electrons. The highest BCUT2D eigenvalue weighted by Gasteiger charge is 2.33. The van der Waals surface area contributed by atoms with Crippen LogP contribution in [0.4, 0.5) is 5.69 Å². The van der Waals surface area contributed by atoms with Crippen LogP contribution in [0, 0.1) is 0 Å². The quantitative estimate of drug-likeness (QED) is 0.398. The number of carbonyl (C=O) groups is 2. The summed E-state index contributed by atoms with van der Waals surface area (Å²) in [6, 6.07) is 24.3. The second-order valence-electron chi connectivity index (χ2n) is 8.65. The van der Waals surface area contributed by atoms with Gasteiger partial charge in [0.25, 0.3) is 5.91 Å². The summed E-state index contributed by atoms with van der Waals surface area (Å²) in [7, 11) is 0. The van der Waals surface area contributed by atoms with Crippen LogP contribution in [0.3, 0.4) is 0 Å². The van der Waals surface area contributed by atoms with E-state index in [-0.39, 0.29) is 17.9 Å². The fourth-order valence-electron chi connectivity index (χ4n) is 4.63. The molecule has 2 heterocycles. The largest absolute Gasteiger partial charge is 0.457 e. The third kappa shape index (κ3) is 4.81. The lowest BCUT2D eigenvalue weighted by atomic mass is 9.99. The third-order valence-electron chi connectivity index (χ3n) is 6.46. The molecule has 0 bridgehead atoms. The van der Waals surface area contributed by atoms with E-state index in [2.05, 4.69) is 10.2 Å². The van der Waals surface area contributed by atoms with Crippen molar-refractivity contribution in [3.05, 3.63) is 101 Å². The second-order valence-corrected chi connectivity index (χ2v) is 9.09. The molecule has 1 aromatic heterocycles. The normalized spacial score (nSPS) is 15.2. The van der Waals surface area contributed by atoms with Crippen molar-refractivity contribution in [1.29, 1.82) is 0 Å². The monoisotopic (exact) mass is 487 g/mol. The van der Waals surface area contributed by atoms with E-state index in [0.717, 1.165) is 10.9 Å². The topological polar surface area (TPSA) is 65.8 Å². The molecule has 5 rings (SSSR count). The van der Waals surface area contributed by atoms with Crippen LogP contribution >= 0.6 is 11.6 Å². The predicted octanol–water partition coefficient (Wildman–Crippen LogP) is 5.59. The maximum atomic E-state index is 13.2. The second kappa shape index (κ2) is 9.94. The summed E-state index contributed by atoms with van der Waals surface area (Å²) >= 11 is 6.20. The van der Waals surface area contributed by atoms with Crippen LogP contribution < -0.4 is 5.32 Å². The van der Waals surface area contributed by atoms with Crippen molar-refractivity contribution in [1.82, 2.24) is 9.80 Å². The summed E-state index contributed by atoms with van der Waals surface area (Å²) in [5.74, 6) is 0.538. The van der Waals surface area contributed by atoms with Gasteiger partial charge in [0.05, 0.1) is 11.7 Å². The van der Waals surface area contributed by atoms with Crippen LogP contribution in [0.5, 0.6) is 0 Å². The fraction of sp³-hybridized carbons (Fsp3) is 0.214. The summed E-state index contributed by atoms with van der Waals surface area (Å²) in [6.07, 6.45) is 0. The molecule has 0 aliphatic carbocycles. The Morgan fingerprint density at radius 1 is 0.886 bits per heavy atom.